The number of hydrogen-bond donors (Lipinski definition) is 0. The van der Waals surface area contributed by atoms with E-state index in [1.807, 2.05) is 0 Å². The summed E-state index contributed by atoms with van der Waals surface area (Å²) in [4.78, 5) is 2.56. The fraction of sp³-hybridized carbons (Fsp3) is 0.143. The van der Waals surface area contributed by atoms with Crippen LogP contribution in [0.4, 0.5) is 86.8 Å². The van der Waals surface area contributed by atoms with Gasteiger partial charge in [-0.15, -0.1) is 0 Å². The van der Waals surface area contributed by atoms with E-state index >= 15 is 0 Å². The summed E-state index contributed by atoms with van der Waals surface area (Å²) in [5.74, 6) is 0. The molecule has 0 aliphatic carbocycles. The fourth-order valence-corrected chi connectivity index (χ4v) is 6.31. The van der Waals surface area contributed by atoms with Crippen molar-refractivity contribution in [3.05, 3.63) is 167 Å². The number of aryl methyl sites for hydroxylation is 2. The van der Waals surface area contributed by atoms with Crippen LogP contribution in [-0.4, -0.2) is 0 Å². The van der Waals surface area contributed by atoms with Crippen LogP contribution in [0.25, 0.3) is 11.1 Å². The molecule has 0 aliphatic rings. The van der Waals surface area contributed by atoms with E-state index in [-0.39, 0.29) is 34.1 Å². The van der Waals surface area contributed by atoms with Crippen molar-refractivity contribution in [1.29, 1.82) is 0 Å². The van der Waals surface area contributed by atoms with Crippen molar-refractivity contribution in [2.24, 2.45) is 0 Å². The molecule has 6 rings (SSSR count). The van der Waals surface area contributed by atoms with E-state index in [0.717, 1.165) is 72.8 Å². The summed E-state index contributed by atoms with van der Waals surface area (Å²) < 4.78 is 165. The Morgan fingerprint density at radius 1 is 0.321 bits per heavy atom. The molecule has 2 nitrogen and oxygen atoms in total. The van der Waals surface area contributed by atoms with Gasteiger partial charge in [-0.25, -0.2) is 0 Å². The van der Waals surface area contributed by atoms with Gasteiger partial charge in [0, 0.05) is 34.1 Å². The summed E-state index contributed by atoms with van der Waals surface area (Å²) in [6.07, 6.45) is -19.0. The van der Waals surface area contributed by atoms with E-state index in [1.54, 1.807) is 38.1 Å². The SMILES string of the molecule is Cc1cc(-c2ccc(N(c3cccc(C(F)(F)F)c3)c3cccc(C(F)(F)F)c3)c(C)c2)ccc1N(c1cccc(C(F)(F)F)c1)c1cccc(C(F)(F)F)c1. The summed E-state index contributed by atoms with van der Waals surface area (Å²) in [6.45, 7) is 3.24. The number of nitrogens with zero attached hydrogens (tertiary/aromatic N) is 2. The zero-order valence-corrected chi connectivity index (χ0v) is 29.1. The van der Waals surface area contributed by atoms with Gasteiger partial charge in [-0.2, -0.15) is 52.7 Å². The molecule has 0 saturated carbocycles. The third-order valence-corrected chi connectivity index (χ3v) is 8.94. The Kier molecular flexibility index (Phi) is 10.4. The maximum absolute atomic E-state index is 13.7. The largest absolute Gasteiger partial charge is 0.416 e. The lowest BCUT2D eigenvalue weighted by molar-refractivity contribution is -0.138. The van der Waals surface area contributed by atoms with Crippen molar-refractivity contribution in [2.45, 2.75) is 38.6 Å². The number of rotatable bonds is 7. The van der Waals surface area contributed by atoms with E-state index in [4.69, 9.17) is 0 Å². The predicted octanol–water partition coefficient (Wildman–Crippen LogP) is 15.0. The second-order valence-electron chi connectivity index (χ2n) is 12.9. The minimum atomic E-state index is -4.74. The number of halogens is 12. The highest BCUT2D eigenvalue weighted by Gasteiger charge is 2.35. The molecule has 0 bridgehead atoms. The summed E-state index contributed by atoms with van der Waals surface area (Å²) in [5.41, 5.74) is -1.73. The van der Waals surface area contributed by atoms with E-state index in [1.165, 1.54) is 46.2 Å². The third-order valence-electron chi connectivity index (χ3n) is 8.94. The van der Waals surface area contributed by atoms with Gasteiger partial charge in [-0.3, -0.25) is 0 Å². The highest BCUT2D eigenvalue weighted by atomic mass is 19.4. The van der Waals surface area contributed by atoms with E-state index in [0.29, 0.717) is 22.3 Å². The molecule has 0 aliphatic heterocycles. The zero-order valence-electron chi connectivity index (χ0n) is 29.1. The van der Waals surface area contributed by atoms with Crippen LogP contribution in [0.15, 0.2) is 133 Å². The highest BCUT2D eigenvalue weighted by molar-refractivity contribution is 5.84. The predicted molar refractivity (Wildman–Crippen MR) is 191 cm³/mol. The van der Waals surface area contributed by atoms with Crippen molar-refractivity contribution in [3.8, 4) is 11.1 Å². The van der Waals surface area contributed by atoms with E-state index < -0.39 is 47.0 Å². The van der Waals surface area contributed by atoms with E-state index in [9.17, 15) is 52.7 Å². The van der Waals surface area contributed by atoms with Gasteiger partial charge in [0.2, 0.25) is 0 Å². The van der Waals surface area contributed by atoms with Crippen molar-refractivity contribution in [2.75, 3.05) is 9.80 Å². The molecule has 0 radical (unpaired) electrons. The lowest BCUT2D eigenvalue weighted by atomic mass is 9.98. The summed E-state index contributed by atoms with van der Waals surface area (Å²) in [6, 6.07) is 26.2. The van der Waals surface area contributed by atoms with Crippen LogP contribution in [0.5, 0.6) is 0 Å². The van der Waals surface area contributed by atoms with Crippen LogP contribution in [0.2, 0.25) is 0 Å². The van der Waals surface area contributed by atoms with Gasteiger partial charge in [-0.1, -0.05) is 36.4 Å². The Hall–Kier alpha value is -5.92. The molecule has 14 heteroatoms. The Bertz CT molecular complexity index is 2090. The van der Waals surface area contributed by atoms with Crippen LogP contribution >= 0.6 is 0 Å². The van der Waals surface area contributed by atoms with Gasteiger partial charge in [0.1, 0.15) is 0 Å². The van der Waals surface area contributed by atoms with Crippen molar-refractivity contribution in [3.63, 3.8) is 0 Å². The van der Waals surface area contributed by atoms with Crippen LogP contribution in [-0.2, 0) is 24.7 Å². The quantitative estimate of drug-likeness (QED) is 0.149. The molecule has 0 fully saturated rings. The minimum Gasteiger partial charge on any atom is -0.310 e. The average molecular weight is 789 g/mol. The van der Waals surface area contributed by atoms with Gasteiger partial charge in [-0.05, 0) is 133 Å². The smallest absolute Gasteiger partial charge is 0.310 e. The molecular weight excluding hydrogens is 760 g/mol. The Balaban J connectivity index is 1.45. The number of anilines is 6. The number of alkyl halides is 12. The maximum Gasteiger partial charge on any atom is 0.416 e. The van der Waals surface area contributed by atoms with Gasteiger partial charge in [0.05, 0.1) is 22.3 Å². The van der Waals surface area contributed by atoms with Gasteiger partial charge >= 0.3 is 24.7 Å². The second-order valence-corrected chi connectivity index (χ2v) is 12.9. The van der Waals surface area contributed by atoms with Gasteiger partial charge in [0.25, 0.3) is 0 Å². The topological polar surface area (TPSA) is 6.48 Å². The summed E-state index contributed by atoms with van der Waals surface area (Å²) >= 11 is 0. The Labute approximate surface area is 312 Å². The Morgan fingerprint density at radius 2 is 0.571 bits per heavy atom. The monoisotopic (exact) mass is 788 g/mol. The molecule has 0 saturated heterocycles. The maximum atomic E-state index is 13.7. The summed E-state index contributed by atoms with van der Waals surface area (Å²) in [5, 5.41) is 0. The normalized spacial score (nSPS) is 12.5. The van der Waals surface area contributed by atoms with Crippen molar-refractivity contribution in [1.82, 2.24) is 0 Å². The Morgan fingerprint density at radius 3 is 0.786 bits per heavy atom. The molecule has 0 aromatic heterocycles. The first kappa shape index (κ1) is 39.8. The first-order valence-electron chi connectivity index (χ1n) is 16.6. The molecule has 6 aromatic carbocycles. The first-order chi connectivity index (χ1) is 26.1. The first-order valence-corrected chi connectivity index (χ1v) is 16.6. The number of hydrogen-bond acceptors (Lipinski definition) is 2. The fourth-order valence-electron chi connectivity index (χ4n) is 6.31. The van der Waals surface area contributed by atoms with Crippen molar-refractivity contribution >= 4 is 34.1 Å². The van der Waals surface area contributed by atoms with Gasteiger partial charge in [0.15, 0.2) is 0 Å². The molecular formula is C42H28F12N2. The standard InChI is InChI=1S/C42H28F12N2/c1-25-19-27(15-17-37(25)55(33-11-3-7-29(21-33)39(43,44)45)34-12-4-8-30(22-34)40(46,47)48)28-16-18-38(26(2)20-28)56(35-13-5-9-31(23-35)41(49,50)51)36-14-6-10-32(24-36)42(52,53)54/h3-24H,1-2H3. The molecule has 0 spiro atoms. The summed E-state index contributed by atoms with van der Waals surface area (Å²) in [7, 11) is 0. The molecule has 0 amide bonds. The van der Waals surface area contributed by atoms with Crippen molar-refractivity contribution < 1.29 is 52.7 Å². The average Bonchev–Trinajstić information content (AvgIpc) is 3.12. The number of benzene rings is 6. The minimum absolute atomic E-state index is 0.0560. The van der Waals surface area contributed by atoms with Gasteiger partial charge < -0.3 is 9.80 Å². The highest BCUT2D eigenvalue weighted by Crippen LogP contribution is 2.45. The molecule has 0 heterocycles. The molecule has 56 heavy (non-hydrogen) atoms. The molecule has 6 aromatic rings. The molecule has 0 atom stereocenters. The lowest BCUT2D eigenvalue weighted by Crippen LogP contribution is -2.15. The molecule has 0 unspecified atom stereocenters. The third kappa shape index (κ3) is 8.48. The van der Waals surface area contributed by atoms with Crippen LogP contribution in [0.3, 0.4) is 0 Å². The van der Waals surface area contributed by atoms with Crippen LogP contribution in [0.1, 0.15) is 33.4 Å². The molecule has 0 N–H and O–H groups in total. The van der Waals surface area contributed by atoms with E-state index in [2.05, 4.69) is 0 Å². The zero-order chi connectivity index (χ0) is 40.8. The van der Waals surface area contributed by atoms with Crippen LogP contribution < -0.4 is 9.80 Å². The second kappa shape index (κ2) is 14.6. The lowest BCUT2D eigenvalue weighted by Gasteiger charge is -2.29. The van der Waals surface area contributed by atoms with Crippen LogP contribution in [0, 0.1) is 13.8 Å². The molecule has 290 valence electrons.